The molecule has 0 radical (unpaired) electrons. The second-order valence-corrected chi connectivity index (χ2v) is 5.13. The minimum Gasteiger partial charge on any atom is -0.497 e. The molecular formula is C17H16O3. The van der Waals surface area contributed by atoms with Gasteiger partial charge in [0.1, 0.15) is 17.4 Å². The van der Waals surface area contributed by atoms with Gasteiger partial charge in [-0.2, -0.15) is 0 Å². The van der Waals surface area contributed by atoms with Crippen LogP contribution in [0.15, 0.2) is 36.4 Å². The molecule has 0 N–H and O–H groups in total. The van der Waals surface area contributed by atoms with Gasteiger partial charge in [-0.25, -0.2) is 0 Å². The Morgan fingerprint density at radius 3 is 2.45 bits per heavy atom. The molecule has 0 fully saturated rings. The molecule has 1 aliphatic heterocycles. The molecule has 0 saturated heterocycles. The van der Waals surface area contributed by atoms with E-state index in [0.717, 1.165) is 28.0 Å². The summed E-state index contributed by atoms with van der Waals surface area (Å²) in [6, 6.07) is 11.6. The van der Waals surface area contributed by atoms with Crippen LogP contribution in [-0.2, 0) is 4.79 Å². The zero-order valence-corrected chi connectivity index (χ0v) is 11.8. The van der Waals surface area contributed by atoms with Crippen LogP contribution >= 0.6 is 0 Å². The first-order chi connectivity index (χ1) is 9.60. The lowest BCUT2D eigenvalue weighted by atomic mass is 9.90. The quantitative estimate of drug-likeness (QED) is 0.619. The molecular weight excluding hydrogens is 252 g/mol. The summed E-state index contributed by atoms with van der Waals surface area (Å²) in [6.45, 7) is 4.00. The number of aryl methyl sites for hydroxylation is 2. The van der Waals surface area contributed by atoms with Crippen molar-refractivity contribution in [1.82, 2.24) is 0 Å². The first-order valence-corrected chi connectivity index (χ1v) is 6.57. The third-order valence-corrected chi connectivity index (χ3v) is 3.65. The standard InChI is InChI=1S/C17H16O3/c1-10-8-11(2)16-14(9-10)15(17(18)20-16)12-4-6-13(19-3)7-5-12/h4-9,15H,1-3H3. The molecule has 1 aliphatic rings. The number of carbonyl (C=O) groups excluding carboxylic acids is 1. The smallest absolute Gasteiger partial charge is 0.323 e. The fourth-order valence-electron chi connectivity index (χ4n) is 2.74. The normalized spacial score (nSPS) is 16.8. The molecule has 1 unspecified atom stereocenters. The zero-order valence-electron chi connectivity index (χ0n) is 11.8. The Hall–Kier alpha value is -2.29. The van der Waals surface area contributed by atoms with E-state index in [9.17, 15) is 4.79 Å². The summed E-state index contributed by atoms with van der Waals surface area (Å²) in [5, 5.41) is 0. The van der Waals surface area contributed by atoms with Crippen molar-refractivity contribution in [3.63, 3.8) is 0 Å². The Kier molecular flexibility index (Phi) is 2.97. The number of methoxy groups -OCH3 is 1. The SMILES string of the molecule is COc1ccc(C2C(=O)Oc3c(C)cc(C)cc32)cc1. The Bertz CT molecular complexity index is 671. The highest BCUT2D eigenvalue weighted by Crippen LogP contribution is 2.41. The van der Waals surface area contributed by atoms with Gasteiger partial charge in [0.15, 0.2) is 0 Å². The number of hydrogen-bond acceptors (Lipinski definition) is 3. The van der Waals surface area contributed by atoms with Gasteiger partial charge in [-0.1, -0.05) is 29.8 Å². The Labute approximate surface area is 118 Å². The van der Waals surface area contributed by atoms with Crippen molar-refractivity contribution in [3.8, 4) is 11.5 Å². The first kappa shape index (κ1) is 12.7. The van der Waals surface area contributed by atoms with Crippen molar-refractivity contribution in [2.45, 2.75) is 19.8 Å². The van der Waals surface area contributed by atoms with E-state index >= 15 is 0 Å². The fraction of sp³-hybridized carbons (Fsp3) is 0.235. The Balaban J connectivity index is 2.09. The van der Waals surface area contributed by atoms with Crippen LogP contribution in [0.1, 0.15) is 28.2 Å². The summed E-state index contributed by atoms with van der Waals surface area (Å²) in [7, 11) is 1.63. The summed E-state index contributed by atoms with van der Waals surface area (Å²) >= 11 is 0. The van der Waals surface area contributed by atoms with Gasteiger partial charge in [-0.3, -0.25) is 4.79 Å². The lowest BCUT2D eigenvalue weighted by Crippen LogP contribution is -2.11. The van der Waals surface area contributed by atoms with Crippen molar-refractivity contribution >= 4 is 5.97 Å². The average molecular weight is 268 g/mol. The molecule has 3 rings (SSSR count). The maximum atomic E-state index is 12.2. The number of fused-ring (bicyclic) bond motifs is 1. The number of ether oxygens (including phenoxy) is 2. The number of rotatable bonds is 2. The largest absolute Gasteiger partial charge is 0.497 e. The van der Waals surface area contributed by atoms with E-state index < -0.39 is 0 Å². The highest BCUT2D eigenvalue weighted by Gasteiger charge is 2.35. The van der Waals surface area contributed by atoms with E-state index in [4.69, 9.17) is 9.47 Å². The molecule has 1 atom stereocenters. The van der Waals surface area contributed by atoms with Crippen molar-refractivity contribution < 1.29 is 14.3 Å². The number of benzene rings is 2. The average Bonchev–Trinajstić information content (AvgIpc) is 2.76. The number of hydrogen-bond donors (Lipinski definition) is 0. The second kappa shape index (κ2) is 4.67. The van der Waals surface area contributed by atoms with Crippen molar-refractivity contribution in [2.24, 2.45) is 0 Å². The predicted molar refractivity (Wildman–Crippen MR) is 76.4 cm³/mol. The predicted octanol–water partition coefficient (Wildman–Crippen LogP) is 3.36. The molecule has 0 saturated carbocycles. The van der Waals surface area contributed by atoms with Gasteiger partial charge < -0.3 is 9.47 Å². The summed E-state index contributed by atoms with van der Waals surface area (Å²) in [5.41, 5.74) is 4.03. The van der Waals surface area contributed by atoms with Gasteiger partial charge >= 0.3 is 5.97 Å². The molecule has 0 aromatic heterocycles. The first-order valence-electron chi connectivity index (χ1n) is 6.57. The van der Waals surface area contributed by atoms with Gasteiger partial charge in [0.05, 0.1) is 7.11 Å². The highest BCUT2D eigenvalue weighted by atomic mass is 16.5. The van der Waals surface area contributed by atoms with E-state index in [2.05, 4.69) is 0 Å². The van der Waals surface area contributed by atoms with E-state index in [1.165, 1.54) is 0 Å². The lowest BCUT2D eigenvalue weighted by molar-refractivity contribution is -0.133. The van der Waals surface area contributed by atoms with E-state index in [0.29, 0.717) is 5.75 Å². The summed E-state index contributed by atoms with van der Waals surface area (Å²) in [5.74, 6) is 0.940. The van der Waals surface area contributed by atoms with E-state index in [1.54, 1.807) is 7.11 Å². The van der Waals surface area contributed by atoms with Crippen LogP contribution in [0.25, 0.3) is 0 Å². The number of esters is 1. The fourth-order valence-corrected chi connectivity index (χ4v) is 2.74. The third kappa shape index (κ3) is 1.95. The van der Waals surface area contributed by atoms with Crippen molar-refractivity contribution in [3.05, 3.63) is 58.7 Å². The molecule has 0 spiro atoms. The monoisotopic (exact) mass is 268 g/mol. The van der Waals surface area contributed by atoms with Gasteiger partial charge in [0, 0.05) is 5.56 Å². The number of carbonyl (C=O) groups is 1. The van der Waals surface area contributed by atoms with Gasteiger partial charge in [0.2, 0.25) is 0 Å². The van der Waals surface area contributed by atoms with E-state index in [-0.39, 0.29) is 11.9 Å². The molecule has 102 valence electrons. The maximum absolute atomic E-state index is 12.2. The molecule has 2 aromatic rings. The molecule has 0 bridgehead atoms. The second-order valence-electron chi connectivity index (χ2n) is 5.13. The molecule has 20 heavy (non-hydrogen) atoms. The van der Waals surface area contributed by atoms with Gasteiger partial charge in [-0.15, -0.1) is 0 Å². The van der Waals surface area contributed by atoms with Crippen LogP contribution in [0, 0.1) is 13.8 Å². The highest BCUT2D eigenvalue weighted by molar-refractivity contribution is 5.90. The maximum Gasteiger partial charge on any atom is 0.323 e. The van der Waals surface area contributed by atoms with Crippen molar-refractivity contribution in [2.75, 3.05) is 7.11 Å². The zero-order chi connectivity index (χ0) is 14.3. The minimum absolute atomic E-state index is 0.209. The molecule has 0 aliphatic carbocycles. The molecule has 3 nitrogen and oxygen atoms in total. The topological polar surface area (TPSA) is 35.5 Å². The minimum atomic E-state index is -0.338. The Morgan fingerprint density at radius 1 is 1.10 bits per heavy atom. The van der Waals surface area contributed by atoms with Crippen LogP contribution in [-0.4, -0.2) is 13.1 Å². The van der Waals surface area contributed by atoms with Crippen molar-refractivity contribution in [1.29, 1.82) is 0 Å². The van der Waals surface area contributed by atoms with Gasteiger partial charge in [-0.05, 0) is 37.1 Å². The summed E-state index contributed by atoms with van der Waals surface area (Å²) in [4.78, 5) is 12.2. The van der Waals surface area contributed by atoms with Crippen LogP contribution in [0.3, 0.4) is 0 Å². The summed E-state index contributed by atoms with van der Waals surface area (Å²) in [6.07, 6.45) is 0. The van der Waals surface area contributed by atoms with Crippen LogP contribution in [0.2, 0.25) is 0 Å². The van der Waals surface area contributed by atoms with Crippen LogP contribution in [0.5, 0.6) is 11.5 Å². The van der Waals surface area contributed by atoms with Crippen LogP contribution in [0.4, 0.5) is 0 Å². The van der Waals surface area contributed by atoms with E-state index in [1.807, 2.05) is 50.2 Å². The Morgan fingerprint density at radius 2 is 1.80 bits per heavy atom. The molecule has 1 heterocycles. The molecule has 2 aromatic carbocycles. The van der Waals surface area contributed by atoms with Gasteiger partial charge in [0.25, 0.3) is 0 Å². The lowest BCUT2D eigenvalue weighted by Gasteiger charge is -2.09. The molecule has 3 heteroatoms. The molecule has 0 amide bonds. The third-order valence-electron chi connectivity index (χ3n) is 3.65. The van der Waals surface area contributed by atoms with Crippen LogP contribution < -0.4 is 9.47 Å². The summed E-state index contributed by atoms with van der Waals surface area (Å²) < 4.78 is 10.6.